The van der Waals surface area contributed by atoms with Gasteiger partial charge < -0.3 is 20.7 Å². The molecule has 3 aromatic rings. The number of fused-ring (bicyclic) bond motifs is 3. The van der Waals surface area contributed by atoms with Gasteiger partial charge in [-0.1, -0.05) is 50.1 Å². The molecule has 0 fully saturated rings. The highest BCUT2D eigenvalue weighted by atomic mass is 35.5. The quantitative estimate of drug-likeness (QED) is 0.347. The first kappa shape index (κ1) is 26.6. The van der Waals surface area contributed by atoms with Gasteiger partial charge in [0.2, 0.25) is 11.8 Å². The van der Waals surface area contributed by atoms with Crippen LogP contribution >= 0.6 is 11.6 Å². The molecule has 196 valence electrons. The summed E-state index contributed by atoms with van der Waals surface area (Å²) < 4.78 is 28.1. The van der Waals surface area contributed by atoms with Crippen LogP contribution in [0.5, 0.6) is 0 Å². The summed E-state index contributed by atoms with van der Waals surface area (Å²) in [6.45, 7) is 3.61. The maximum atomic E-state index is 14.1. The van der Waals surface area contributed by atoms with Crippen molar-refractivity contribution in [1.82, 2.24) is 15.6 Å². The number of carbonyl (C=O) groups is 3. The number of hydrogen-bond donors (Lipinski definition) is 4. The van der Waals surface area contributed by atoms with Gasteiger partial charge in [-0.2, -0.15) is 0 Å². The molecule has 1 aromatic heterocycles. The molecule has 0 saturated heterocycles. The lowest BCUT2D eigenvalue weighted by molar-refractivity contribution is -0.149. The van der Waals surface area contributed by atoms with Gasteiger partial charge in [0.25, 0.3) is 0 Å². The molecule has 0 spiro atoms. The van der Waals surface area contributed by atoms with Gasteiger partial charge in [0.05, 0.1) is 17.0 Å². The number of aromatic nitrogens is 1. The lowest BCUT2D eigenvalue weighted by atomic mass is 9.79. The zero-order chi connectivity index (χ0) is 26.9. The normalized spacial score (nSPS) is 18.6. The minimum Gasteiger partial charge on any atom is -0.479 e. The Balaban J connectivity index is 1.59. The molecule has 0 saturated carbocycles. The van der Waals surface area contributed by atoms with E-state index >= 15 is 0 Å². The second-order valence-corrected chi connectivity index (χ2v) is 10.1. The number of amides is 2. The van der Waals surface area contributed by atoms with Gasteiger partial charge in [-0.3, -0.25) is 9.59 Å². The number of aliphatic carboxylic acids is 1. The third kappa shape index (κ3) is 5.32. The van der Waals surface area contributed by atoms with Gasteiger partial charge in [0.15, 0.2) is 0 Å². The Kier molecular flexibility index (Phi) is 7.54. The molecule has 37 heavy (non-hydrogen) atoms. The molecule has 4 rings (SSSR count). The van der Waals surface area contributed by atoms with E-state index in [4.69, 9.17) is 11.6 Å². The summed E-state index contributed by atoms with van der Waals surface area (Å²) in [5.74, 6) is -3.84. The molecule has 2 aromatic carbocycles. The fraction of sp³-hybridized carbons (Fsp3) is 0.370. The van der Waals surface area contributed by atoms with Crippen LogP contribution in [-0.4, -0.2) is 39.5 Å². The number of carboxylic acid groups (broad SMARTS) is 1. The van der Waals surface area contributed by atoms with Crippen LogP contribution in [0.25, 0.3) is 10.9 Å². The Morgan fingerprint density at radius 2 is 1.95 bits per heavy atom. The molecule has 4 N–H and O–H groups in total. The highest BCUT2D eigenvalue weighted by Gasteiger charge is 2.45. The number of hydrogen-bond acceptors (Lipinski definition) is 3. The van der Waals surface area contributed by atoms with Crippen molar-refractivity contribution < 1.29 is 28.3 Å². The highest BCUT2D eigenvalue weighted by Crippen LogP contribution is 2.37. The maximum Gasteiger partial charge on any atom is 0.329 e. The van der Waals surface area contributed by atoms with Crippen LogP contribution in [0.4, 0.5) is 8.78 Å². The first-order valence-corrected chi connectivity index (χ1v) is 12.5. The monoisotopic (exact) mass is 531 g/mol. The molecule has 1 heterocycles. The van der Waals surface area contributed by atoms with E-state index in [1.807, 2.05) is 6.92 Å². The number of aromatic amines is 1. The largest absolute Gasteiger partial charge is 0.479 e. The molecule has 1 aliphatic carbocycles. The summed E-state index contributed by atoms with van der Waals surface area (Å²) in [6, 6.07) is 7.31. The number of carboxylic acids is 1. The molecule has 0 radical (unpaired) electrons. The van der Waals surface area contributed by atoms with Crippen LogP contribution in [0.2, 0.25) is 5.02 Å². The second-order valence-electron chi connectivity index (χ2n) is 9.64. The van der Waals surface area contributed by atoms with Crippen molar-refractivity contribution in [2.24, 2.45) is 5.92 Å². The van der Waals surface area contributed by atoms with Gasteiger partial charge in [-0.25, -0.2) is 13.6 Å². The van der Waals surface area contributed by atoms with Gasteiger partial charge in [0, 0.05) is 17.5 Å². The van der Waals surface area contributed by atoms with E-state index < -0.39 is 41.0 Å². The van der Waals surface area contributed by atoms with Crippen LogP contribution < -0.4 is 10.6 Å². The fourth-order valence-electron chi connectivity index (χ4n) is 4.87. The van der Waals surface area contributed by atoms with E-state index in [2.05, 4.69) is 15.6 Å². The number of aryl methyl sites for hydroxylation is 1. The summed E-state index contributed by atoms with van der Waals surface area (Å²) in [5, 5.41) is 16.2. The summed E-state index contributed by atoms with van der Waals surface area (Å²) in [5.41, 5.74) is 0.355. The van der Waals surface area contributed by atoms with Gasteiger partial charge >= 0.3 is 5.97 Å². The average Bonchev–Trinajstić information content (AvgIpc) is 3.21. The first-order chi connectivity index (χ1) is 17.5. The van der Waals surface area contributed by atoms with Gasteiger partial charge in [0.1, 0.15) is 23.2 Å². The minimum atomic E-state index is -1.67. The summed E-state index contributed by atoms with van der Waals surface area (Å²) in [4.78, 5) is 41.8. The smallest absolute Gasteiger partial charge is 0.329 e. The molecule has 1 unspecified atom stereocenters. The number of carbonyl (C=O) groups excluding carboxylic acids is 2. The van der Waals surface area contributed by atoms with Crippen LogP contribution in [0.15, 0.2) is 36.4 Å². The van der Waals surface area contributed by atoms with Crippen molar-refractivity contribution in [3.05, 3.63) is 69.9 Å². The van der Waals surface area contributed by atoms with Crippen molar-refractivity contribution in [3.63, 3.8) is 0 Å². The van der Waals surface area contributed by atoms with Gasteiger partial charge in [-0.15, -0.1) is 0 Å². The molecule has 2 amide bonds. The lowest BCUT2D eigenvalue weighted by Gasteiger charge is -2.36. The van der Waals surface area contributed by atoms with Crippen LogP contribution in [-0.2, 0) is 33.6 Å². The molecular formula is C27H28ClF2N3O4. The number of benzene rings is 2. The Labute approximate surface area is 217 Å². The SMILES string of the molecule is CCC(C)[C@H](NC(=O)Cc1ccccc1F)C(=O)N[C@@]1(C(=O)O)CCc2[nH]c3c(Cl)cc(F)cc3c2C1. The van der Waals surface area contributed by atoms with Crippen molar-refractivity contribution in [2.75, 3.05) is 0 Å². The van der Waals surface area contributed by atoms with Crippen LogP contribution in [0.1, 0.15) is 43.5 Å². The Hall–Kier alpha value is -3.46. The Bertz CT molecular complexity index is 1380. The highest BCUT2D eigenvalue weighted by molar-refractivity contribution is 6.35. The maximum absolute atomic E-state index is 14.1. The predicted octanol–water partition coefficient (Wildman–Crippen LogP) is 4.30. The van der Waals surface area contributed by atoms with Crippen molar-refractivity contribution in [1.29, 1.82) is 0 Å². The second kappa shape index (κ2) is 10.5. The van der Waals surface area contributed by atoms with E-state index in [0.29, 0.717) is 29.3 Å². The number of halogens is 3. The third-order valence-corrected chi connectivity index (χ3v) is 7.49. The lowest BCUT2D eigenvalue weighted by Crippen LogP contribution is -2.62. The first-order valence-electron chi connectivity index (χ1n) is 12.1. The van der Waals surface area contributed by atoms with E-state index in [1.54, 1.807) is 13.0 Å². The third-order valence-electron chi connectivity index (χ3n) is 7.19. The molecule has 1 aliphatic rings. The number of rotatable bonds is 8. The minimum absolute atomic E-state index is 0.0837. The molecule has 3 atom stereocenters. The Morgan fingerprint density at radius 3 is 2.62 bits per heavy atom. The topological polar surface area (TPSA) is 111 Å². The zero-order valence-corrected chi connectivity index (χ0v) is 21.2. The number of nitrogens with one attached hydrogen (secondary N) is 3. The van der Waals surface area contributed by atoms with Crippen molar-refractivity contribution in [2.45, 2.75) is 57.5 Å². The molecule has 7 nitrogen and oxygen atoms in total. The van der Waals surface area contributed by atoms with E-state index in [1.165, 1.54) is 30.3 Å². The van der Waals surface area contributed by atoms with E-state index in [-0.39, 0.29) is 35.8 Å². The molecular weight excluding hydrogens is 504 g/mol. The predicted molar refractivity (Wildman–Crippen MR) is 135 cm³/mol. The van der Waals surface area contributed by atoms with Crippen molar-refractivity contribution in [3.8, 4) is 0 Å². The van der Waals surface area contributed by atoms with Crippen LogP contribution in [0, 0.1) is 17.6 Å². The molecule has 10 heteroatoms. The van der Waals surface area contributed by atoms with E-state index in [9.17, 15) is 28.3 Å². The zero-order valence-electron chi connectivity index (χ0n) is 20.5. The summed E-state index contributed by atoms with van der Waals surface area (Å²) in [7, 11) is 0. The summed E-state index contributed by atoms with van der Waals surface area (Å²) >= 11 is 6.19. The van der Waals surface area contributed by atoms with Gasteiger partial charge in [-0.05, 0) is 48.1 Å². The molecule has 0 bridgehead atoms. The standard InChI is InChI=1S/C27H28ClF2N3O4/c1-3-14(2)23(32-22(34)10-15-6-4-5-7-20(15)30)25(35)33-27(26(36)37)9-8-21-18(13-27)17-11-16(29)12-19(28)24(17)31-21/h4-7,11-12,14,23,31H,3,8-10,13H2,1-2H3,(H,32,34)(H,33,35)(H,36,37)/t14?,23-,27-/m0/s1. The summed E-state index contributed by atoms with van der Waals surface area (Å²) in [6.07, 6.45) is 0.566. The van der Waals surface area contributed by atoms with Crippen molar-refractivity contribution >= 4 is 40.3 Å². The van der Waals surface area contributed by atoms with Crippen LogP contribution in [0.3, 0.4) is 0 Å². The Morgan fingerprint density at radius 1 is 1.22 bits per heavy atom. The average molecular weight is 532 g/mol. The molecule has 0 aliphatic heterocycles. The fourth-order valence-corrected chi connectivity index (χ4v) is 5.12. The number of H-pyrrole nitrogens is 1. The van der Waals surface area contributed by atoms with E-state index in [0.717, 1.165) is 5.69 Å².